The van der Waals surface area contributed by atoms with Gasteiger partial charge in [0.25, 0.3) is 0 Å². The number of aliphatic hydroxyl groups is 3. The predicted molar refractivity (Wildman–Crippen MR) is 153 cm³/mol. The monoisotopic (exact) mass is 611 g/mol. The highest BCUT2D eigenvalue weighted by atomic mass is 16.7. The minimum Gasteiger partial charge on any atom is -0.507 e. The molecule has 0 aromatic heterocycles. The molecule has 12 nitrogen and oxygen atoms in total. The van der Waals surface area contributed by atoms with Gasteiger partial charge in [-0.3, -0.25) is 19.3 Å². The third-order valence-corrected chi connectivity index (χ3v) is 9.50. The maximum atomic E-state index is 13.8. The van der Waals surface area contributed by atoms with E-state index in [1.165, 1.54) is 6.07 Å². The Morgan fingerprint density at radius 1 is 1.11 bits per heavy atom. The Morgan fingerprint density at radius 2 is 1.84 bits per heavy atom. The normalized spacial score (nSPS) is 32.1. The molecule has 4 aliphatic rings. The van der Waals surface area contributed by atoms with E-state index >= 15 is 0 Å². The fourth-order valence-corrected chi connectivity index (χ4v) is 7.24. The molecule has 5 N–H and O–H groups in total. The van der Waals surface area contributed by atoms with Crippen molar-refractivity contribution in [2.75, 3.05) is 26.3 Å². The summed E-state index contributed by atoms with van der Waals surface area (Å²) >= 11 is 0. The third-order valence-electron chi connectivity index (χ3n) is 9.50. The summed E-state index contributed by atoms with van der Waals surface area (Å²) in [5.41, 5.74) is -2.51. The molecule has 2 saturated heterocycles. The Kier molecular flexibility index (Phi) is 7.90. The van der Waals surface area contributed by atoms with Crippen molar-refractivity contribution in [3.8, 4) is 11.5 Å². The summed E-state index contributed by atoms with van der Waals surface area (Å²) in [5, 5.41) is 55.3. The summed E-state index contributed by atoms with van der Waals surface area (Å²) < 4.78 is 18.0. The van der Waals surface area contributed by atoms with E-state index in [2.05, 4.69) is 4.90 Å². The van der Waals surface area contributed by atoms with Gasteiger partial charge < -0.3 is 39.7 Å². The Balaban J connectivity index is 1.43. The van der Waals surface area contributed by atoms with Crippen molar-refractivity contribution >= 4 is 17.3 Å². The number of ether oxygens (including phenoxy) is 3. The molecule has 0 saturated carbocycles. The summed E-state index contributed by atoms with van der Waals surface area (Å²) in [6.07, 6.45) is -4.61. The molecular weight excluding hydrogens is 574 g/mol. The van der Waals surface area contributed by atoms with Crippen LogP contribution in [0.4, 0.5) is 0 Å². The van der Waals surface area contributed by atoms with Gasteiger partial charge in [0, 0.05) is 60.6 Å². The summed E-state index contributed by atoms with van der Waals surface area (Å²) in [4.78, 5) is 42.3. The summed E-state index contributed by atoms with van der Waals surface area (Å²) in [6, 6.07) is 4.36. The number of aromatic hydroxyl groups is 2. The number of rotatable bonds is 5. The van der Waals surface area contributed by atoms with Crippen LogP contribution in [0.15, 0.2) is 18.2 Å². The maximum Gasteiger partial charge on any atom is 0.198 e. The zero-order valence-electron chi connectivity index (χ0n) is 24.8. The van der Waals surface area contributed by atoms with Crippen molar-refractivity contribution in [1.29, 1.82) is 0 Å². The number of aliphatic hydroxyl groups excluding tert-OH is 2. The van der Waals surface area contributed by atoms with Crippen LogP contribution in [0.25, 0.3) is 0 Å². The summed E-state index contributed by atoms with van der Waals surface area (Å²) in [6.45, 7) is 5.96. The molecule has 2 aromatic rings. The number of benzene rings is 2. The number of ketones is 3. The van der Waals surface area contributed by atoms with Crippen molar-refractivity contribution in [2.45, 2.75) is 82.4 Å². The van der Waals surface area contributed by atoms with Gasteiger partial charge in [0.15, 0.2) is 23.6 Å². The fraction of sp³-hybridized carbons (Fsp3) is 0.531. The Hall–Kier alpha value is -3.23. The predicted octanol–water partition coefficient (Wildman–Crippen LogP) is 1.06. The first-order chi connectivity index (χ1) is 20.9. The first-order valence-electron chi connectivity index (χ1n) is 14.9. The first kappa shape index (κ1) is 30.8. The van der Waals surface area contributed by atoms with Gasteiger partial charge in [0.1, 0.15) is 23.7 Å². The zero-order valence-corrected chi connectivity index (χ0v) is 24.8. The molecule has 0 radical (unpaired) electrons. The lowest BCUT2D eigenvalue weighted by molar-refractivity contribution is -0.261. The maximum absolute atomic E-state index is 13.8. The van der Waals surface area contributed by atoms with Gasteiger partial charge in [-0.25, -0.2) is 0 Å². The molecule has 0 amide bonds. The Bertz CT molecular complexity index is 1540. The van der Waals surface area contributed by atoms with Crippen molar-refractivity contribution in [3.05, 3.63) is 57.1 Å². The topological polar surface area (TPSA) is 183 Å². The SMILES string of the molecule is Cc1cccc2c1C(=O)c1c(O)c3c(c(O)c1C2=O)C[C@@](O)(C(=O)CO)C[C@@H]3O[C@H]1C[C@H](N2CCO[C@H](C)C2)[C@H](O)[C@H](C)O1. The number of carbonyl (C=O) groups is 3. The van der Waals surface area contributed by atoms with E-state index in [0.29, 0.717) is 25.3 Å². The van der Waals surface area contributed by atoms with Crippen LogP contribution in [0.5, 0.6) is 11.5 Å². The standard InChI is InChI=1S/C32H37NO11/c1-14-5-4-6-17-23(14)30(39)26-25(28(17)37)29(38)18-10-32(41,21(35)13-34)11-20(24(18)31(26)40)44-22-9-19(27(36)16(3)43-22)33-7-8-42-15(2)12-33/h4-6,15-16,19-20,22,27,34,36,38,40-41H,7-13H2,1-3H3/t15-,16+,19+,20+,22+,27-,32+/m1/s1. The number of hydrogen-bond acceptors (Lipinski definition) is 12. The molecule has 2 aliphatic carbocycles. The van der Waals surface area contributed by atoms with E-state index in [1.807, 2.05) is 6.92 Å². The average molecular weight is 612 g/mol. The lowest BCUT2D eigenvalue weighted by Gasteiger charge is -2.47. The third kappa shape index (κ3) is 4.85. The van der Waals surface area contributed by atoms with E-state index < -0.39 is 84.1 Å². The molecule has 0 unspecified atom stereocenters. The zero-order chi connectivity index (χ0) is 31.7. The van der Waals surface area contributed by atoms with Gasteiger partial charge in [0.2, 0.25) is 0 Å². The van der Waals surface area contributed by atoms with Gasteiger partial charge >= 0.3 is 0 Å². The highest BCUT2D eigenvalue weighted by Gasteiger charge is 2.50. The highest BCUT2D eigenvalue weighted by molar-refractivity contribution is 6.31. The quantitative estimate of drug-likeness (QED) is 0.259. The Morgan fingerprint density at radius 3 is 2.55 bits per heavy atom. The van der Waals surface area contributed by atoms with Crippen LogP contribution in [0.2, 0.25) is 0 Å². The molecule has 2 aliphatic heterocycles. The molecule has 2 fully saturated rings. The number of phenolic OH excluding ortho intramolecular Hbond substituents is 2. The highest BCUT2D eigenvalue weighted by Crippen LogP contribution is 2.52. The van der Waals surface area contributed by atoms with Gasteiger partial charge in [-0.05, 0) is 26.3 Å². The number of fused-ring (bicyclic) bond motifs is 3. The molecule has 44 heavy (non-hydrogen) atoms. The van der Waals surface area contributed by atoms with Crippen LogP contribution in [-0.4, -0.2) is 110 Å². The molecule has 0 bridgehead atoms. The van der Waals surface area contributed by atoms with Gasteiger partial charge in [0.05, 0.1) is 42.1 Å². The molecular formula is C32H37NO11. The fourth-order valence-electron chi connectivity index (χ4n) is 7.24. The molecule has 2 heterocycles. The molecule has 236 valence electrons. The van der Waals surface area contributed by atoms with Crippen LogP contribution in [-0.2, 0) is 25.4 Å². The number of morpholine rings is 1. The van der Waals surface area contributed by atoms with Gasteiger partial charge in [-0.1, -0.05) is 18.2 Å². The number of carbonyl (C=O) groups excluding carboxylic acids is 3. The van der Waals surface area contributed by atoms with Gasteiger partial charge in [-0.2, -0.15) is 0 Å². The van der Waals surface area contributed by atoms with E-state index in [4.69, 9.17) is 14.2 Å². The van der Waals surface area contributed by atoms with Crippen LogP contribution in [0, 0.1) is 6.92 Å². The van der Waals surface area contributed by atoms with Crippen LogP contribution >= 0.6 is 0 Å². The van der Waals surface area contributed by atoms with Crippen molar-refractivity contribution in [2.24, 2.45) is 0 Å². The van der Waals surface area contributed by atoms with Crippen molar-refractivity contribution < 1.29 is 54.1 Å². The number of hydrogen-bond donors (Lipinski definition) is 5. The molecule has 2 aromatic carbocycles. The number of nitrogens with zero attached hydrogens (tertiary/aromatic N) is 1. The minimum atomic E-state index is -2.22. The van der Waals surface area contributed by atoms with Gasteiger partial charge in [-0.15, -0.1) is 0 Å². The average Bonchev–Trinajstić information content (AvgIpc) is 2.98. The second kappa shape index (κ2) is 11.3. The minimum absolute atomic E-state index is 0.0432. The second-order valence-corrected chi connectivity index (χ2v) is 12.4. The number of Topliss-reactive ketones (excluding diaryl/α,β-unsaturated/α-hetero) is 1. The van der Waals surface area contributed by atoms with Crippen molar-refractivity contribution in [3.63, 3.8) is 0 Å². The molecule has 7 atom stereocenters. The van der Waals surface area contributed by atoms with Crippen molar-refractivity contribution in [1.82, 2.24) is 4.90 Å². The van der Waals surface area contributed by atoms with E-state index in [0.717, 1.165) is 0 Å². The van der Waals surface area contributed by atoms with E-state index in [9.17, 15) is 39.9 Å². The van der Waals surface area contributed by atoms with Crippen LogP contribution in [0.3, 0.4) is 0 Å². The van der Waals surface area contributed by atoms with E-state index in [1.54, 1.807) is 26.0 Å². The molecule has 12 heteroatoms. The largest absolute Gasteiger partial charge is 0.507 e. The summed E-state index contributed by atoms with van der Waals surface area (Å²) in [5.74, 6) is -3.52. The lowest BCUT2D eigenvalue weighted by atomic mass is 9.71. The lowest BCUT2D eigenvalue weighted by Crippen LogP contribution is -2.59. The number of aryl methyl sites for hydroxylation is 1. The smallest absolute Gasteiger partial charge is 0.198 e. The first-order valence-corrected chi connectivity index (χ1v) is 14.9. The van der Waals surface area contributed by atoms with Crippen LogP contribution < -0.4 is 0 Å². The Labute approximate surface area is 253 Å². The van der Waals surface area contributed by atoms with E-state index in [-0.39, 0.29) is 46.4 Å². The number of phenols is 2. The molecule has 6 rings (SSSR count). The molecule has 0 spiro atoms. The van der Waals surface area contributed by atoms with Crippen LogP contribution in [0.1, 0.15) is 81.3 Å². The second-order valence-electron chi connectivity index (χ2n) is 12.4. The summed E-state index contributed by atoms with van der Waals surface area (Å²) in [7, 11) is 0.